The molecule has 29 heavy (non-hydrogen) atoms. The molecule has 0 saturated carbocycles. The number of rotatable bonds is 7. The number of nitrogens with one attached hydrogen (secondary N) is 1. The molecular weight excluding hydrogens is 412 g/mol. The topological polar surface area (TPSA) is 77.5 Å². The number of anilines is 1. The molecule has 0 aliphatic heterocycles. The van der Waals surface area contributed by atoms with E-state index >= 15 is 0 Å². The van der Waals surface area contributed by atoms with Gasteiger partial charge in [-0.3, -0.25) is 4.79 Å². The highest BCUT2D eigenvalue weighted by atomic mass is 35.5. The van der Waals surface area contributed by atoms with Crippen molar-refractivity contribution in [2.24, 2.45) is 0 Å². The van der Waals surface area contributed by atoms with Gasteiger partial charge in [0.05, 0.1) is 6.61 Å². The Bertz CT molecular complexity index is 1000. The molecule has 0 fully saturated rings. The summed E-state index contributed by atoms with van der Waals surface area (Å²) in [7, 11) is 0. The van der Waals surface area contributed by atoms with Crippen molar-refractivity contribution in [2.75, 3.05) is 11.9 Å². The Balaban J connectivity index is 1.59. The van der Waals surface area contributed by atoms with Crippen molar-refractivity contribution in [1.82, 2.24) is 4.98 Å². The van der Waals surface area contributed by atoms with Crippen LogP contribution in [0.4, 0.5) is 5.69 Å². The third-order valence-electron chi connectivity index (χ3n) is 3.87. The number of thiazole rings is 1. The smallest absolute Gasteiger partial charge is 0.358 e. The zero-order valence-electron chi connectivity index (χ0n) is 15.8. The summed E-state index contributed by atoms with van der Waals surface area (Å²) in [6, 6.07) is 14.1. The maximum atomic E-state index is 12.3. The number of carbonyl (C=O) groups excluding carboxylic acids is 2. The second kappa shape index (κ2) is 9.54. The number of hydrogen-bond donors (Lipinski definition) is 1. The standard InChI is InChI=1S/C21H19ClN2O4S/c1-3-27-17-9-7-16(8-10-17)23-19(25)13(2)28-21(26)18-12-29-20(24-18)14-5-4-6-15(22)11-14/h4-13H,3H2,1-2H3,(H,23,25). The lowest BCUT2D eigenvalue weighted by Crippen LogP contribution is -2.30. The van der Waals surface area contributed by atoms with E-state index in [9.17, 15) is 9.59 Å². The fourth-order valence-corrected chi connectivity index (χ4v) is 3.42. The van der Waals surface area contributed by atoms with Crippen LogP contribution in [-0.2, 0) is 9.53 Å². The lowest BCUT2D eigenvalue weighted by atomic mass is 10.2. The third kappa shape index (κ3) is 5.56. The Morgan fingerprint density at radius 3 is 2.66 bits per heavy atom. The summed E-state index contributed by atoms with van der Waals surface area (Å²) in [5, 5.41) is 5.52. The van der Waals surface area contributed by atoms with Gasteiger partial charge in [-0.2, -0.15) is 0 Å². The van der Waals surface area contributed by atoms with Gasteiger partial charge in [0.15, 0.2) is 11.8 Å². The number of aromatic nitrogens is 1. The van der Waals surface area contributed by atoms with Crippen molar-refractivity contribution in [3.63, 3.8) is 0 Å². The van der Waals surface area contributed by atoms with Crippen LogP contribution in [-0.4, -0.2) is 29.6 Å². The Morgan fingerprint density at radius 2 is 1.97 bits per heavy atom. The summed E-state index contributed by atoms with van der Waals surface area (Å²) in [5.74, 6) is -0.388. The highest BCUT2D eigenvalue weighted by Crippen LogP contribution is 2.26. The molecule has 0 aliphatic carbocycles. The minimum Gasteiger partial charge on any atom is -0.494 e. The Labute approximate surface area is 177 Å². The van der Waals surface area contributed by atoms with Crippen molar-refractivity contribution >= 4 is 40.5 Å². The quantitative estimate of drug-likeness (QED) is 0.531. The second-order valence-corrected chi connectivity index (χ2v) is 7.34. The van der Waals surface area contributed by atoms with E-state index in [1.54, 1.807) is 41.8 Å². The average Bonchev–Trinajstić information content (AvgIpc) is 3.20. The molecular formula is C21H19ClN2O4S. The fourth-order valence-electron chi connectivity index (χ4n) is 2.44. The predicted octanol–water partition coefficient (Wildman–Crippen LogP) is 5.05. The van der Waals surface area contributed by atoms with Gasteiger partial charge >= 0.3 is 5.97 Å². The van der Waals surface area contributed by atoms with E-state index in [4.69, 9.17) is 21.1 Å². The fraction of sp³-hybridized carbons (Fsp3) is 0.190. The maximum absolute atomic E-state index is 12.3. The van der Waals surface area contributed by atoms with Gasteiger partial charge in [0, 0.05) is 21.7 Å². The van der Waals surface area contributed by atoms with Gasteiger partial charge < -0.3 is 14.8 Å². The Morgan fingerprint density at radius 1 is 1.21 bits per heavy atom. The first-order valence-corrected chi connectivity index (χ1v) is 10.2. The van der Waals surface area contributed by atoms with Crippen LogP contribution in [0, 0.1) is 0 Å². The van der Waals surface area contributed by atoms with E-state index in [-0.39, 0.29) is 5.69 Å². The van der Waals surface area contributed by atoms with Crippen LogP contribution in [0.2, 0.25) is 5.02 Å². The van der Waals surface area contributed by atoms with Crippen LogP contribution in [0.25, 0.3) is 10.6 Å². The lowest BCUT2D eigenvalue weighted by Gasteiger charge is -2.13. The molecule has 3 rings (SSSR count). The molecule has 0 spiro atoms. The third-order valence-corrected chi connectivity index (χ3v) is 5.00. The van der Waals surface area contributed by atoms with Crippen LogP contribution < -0.4 is 10.1 Å². The number of nitrogens with zero attached hydrogens (tertiary/aromatic N) is 1. The highest BCUT2D eigenvalue weighted by Gasteiger charge is 2.21. The molecule has 1 atom stereocenters. The van der Waals surface area contributed by atoms with Gasteiger partial charge in [-0.1, -0.05) is 23.7 Å². The van der Waals surface area contributed by atoms with Crippen molar-refractivity contribution in [2.45, 2.75) is 20.0 Å². The molecule has 0 bridgehead atoms. The van der Waals surface area contributed by atoms with Crippen LogP contribution in [0.1, 0.15) is 24.3 Å². The summed E-state index contributed by atoms with van der Waals surface area (Å²) in [5.41, 5.74) is 1.53. The summed E-state index contributed by atoms with van der Waals surface area (Å²) in [6.45, 7) is 3.96. The van der Waals surface area contributed by atoms with Gasteiger partial charge in [-0.15, -0.1) is 11.3 Å². The van der Waals surface area contributed by atoms with Crippen molar-refractivity contribution in [1.29, 1.82) is 0 Å². The molecule has 0 saturated heterocycles. The molecule has 1 amide bonds. The lowest BCUT2D eigenvalue weighted by molar-refractivity contribution is -0.123. The van der Waals surface area contributed by atoms with E-state index < -0.39 is 18.0 Å². The molecule has 1 unspecified atom stereocenters. The van der Waals surface area contributed by atoms with E-state index in [1.807, 2.05) is 19.1 Å². The van der Waals surface area contributed by atoms with Crippen LogP contribution >= 0.6 is 22.9 Å². The average molecular weight is 431 g/mol. The van der Waals surface area contributed by atoms with E-state index in [0.29, 0.717) is 28.1 Å². The van der Waals surface area contributed by atoms with Crippen molar-refractivity contribution in [3.05, 3.63) is 64.6 Å². The zero-order chi connectivity index (χ0) is 20.8. The molecule has 0 aliphatic rings. The molecule has 0 radical (unpaired) electrons. The Kier molecular flexibility index (Phi) is 6.85. The molecule has 1 N–H and O–H groups in total. The predicted molar refractivity (Wildman–Crippen MR) is 114 cm³/mol. The van der Waals surface area contributed by atoms with Gasteiger partial charge in [0.1, 0.15) is 10.8 Å². The largest absolute Gasteiger partial charge is 0.494 e. The first-order chi connectivity index (χ1) is 14.0. The van der Waals surface area contributed by atoms with Gasteiger partial charge in [-0.25, -0.2) is 9.78 Å². The number of hydrogen-bond acceptors (Lipinski definition) is 6. The van der Waals surface area contributed by atoms with Gasteiger partial charge in [-0.05, 0) is 50.2 Å². The van der Waals surface area contributed by atoms with Crippen LogP contribution in [0.15, 0.2) is 53.9 Å². The summed E-state index contributed by atoms with van der Waals surface area (Å²) in [4.78, 5) is 28.9. The summed E-state index contributed by atoms with van der Waals surface area (Å²) >= 11 is 7.29. The first-order valence-electron chi connectivity index (χ1n) is 8.92. The molecule has 8 heteroatoms. The van der Waals surface area contributed by atoms with Crippen LogP contribution in [0.3, 0.4) is 0 Å². The highest BCUT2D eigenvalue weighted by molar-refractivity contribution is 7.13. The van der Waals surface area contributed by atoms with Crippen LogP contribution in [0.5, 0.6) is 5.75 Å². The second-order valence-electron chi connectivity index (χ2n) is 6.04. The normalized spacial score (nSPS) is 11.6. The molecule has 1 aromatic heterocycles. The zero-order valence-corrected chi connectivity index (χ0v) is 17.4. The van der Waals surface area contributed by atoms with Crippen molar-refractivity contribution in [3.8, 4) is 16.3 Å². The number of esters is 1. The summed E-state index contributed by atoms with van der Waals surface area (Å²) < 4.78 is 10.6. The summed E-state index contributed by atoms with van der Waals surface area (Å²) in [6.07, 6.45) is -0.981. The molecule has 2 aromatic carbocycles. The molecule has 150 valence electrons. The first kappa shape index (κ1) is 20.8. The van der Waals surface area contributed by atoms with Gasteiger partial charge in [0.25, 0.3) is 5.91 Å². The number of benzene rings is 2. The maximum Gasteiger partial charge on any atom is 0.358 e. The molecule has 1 heterocycles. The molecule has 6 nitrogen and oxygen atoms in total. The Hall–Kier alpha value is -2.90. The monoisotopic (exact) mass is 430 g/mol. The number of carbonyl (C=O) groups is 2. The van der Waals surface area contributed by atoms with E-state index in [2.05, 4.69) is 10.3 Å². The molecule has 3 aromatic rings. The van der Waals surface area contributed by atoms with Crippen molar-refractivity contribution < 1.29 is 19.1 Å². The minimum absolute atomic E-state index is 0.144. The number of ether oxygens (including phenoxy) is 2. The number of halogens is 1. The minimum atomic E-state index is -0.981. The van der Waals surface area contributed by atoms with E-state index in [0.717, 1.165) is 5.56 Å². The number of amides is 1. The van der Waals surface area contributed by atoms with Gasteiger partial charge in [0.2, 0.25) is 0 Å². The SMILES string of the molecule is CCOc1ccc(NC(=O)C(C)OC(=O)c2csc(-c3cccc(Cl)c3)n2)cc1. The van der Waals surface area contributed by atoms with E-state index in [1.165, 1.54) is 18.3 Å².